The number of aldehydes is 1. The molecule has 0 aliphatic heterocycles. The van der Waals surface area contributed by atoms with Gasteiger partial charge in [-0.3, -0.25) is 9.78 Å². The minimum atomic E-state index is 0.695. The van der Waals surface area contributed by atoms with E-state index < -0.39 is 0 Å². The van der Waals surface area contributed by atoms with Gasteiger partial charge in [-0.05, 0) is 18.2 Å². The van der Waals surface area contributed by atoms with Gasteiger partial charge in [0.15, 0.2) is 6.29 Å². The van der Waals surface area contributed by atoms with Crippen LogP contribution in [0.5, 0.6) is 0 Å². The molecular weight excluding hydrogens is 176 g/mol. The molecule has 0 aliphatic rings. The second-order valence-corrected chi connectivity index (χ2v) is 3.06. The normalized spacial score (nSPS) is 10.0. The van der Waals surface area contributed by atoms with E-state index in [4.69, 9.17) is 0 Å². The Morgan fingerprint density at radius 2 is 2.29 bits per heavy atom. The number of nitrogens with zero attached hydrogens (tertiary/aromatic N) is 2. The molecule has 0 spiro atoms. The first-order valence-electron chi connectivity index (χ1n) is 4.39. The molecule has 0 saturated heterocycles. The highest BCUT2D eigenvalue weighted by molar-refractivity contribution is 5.74. The topological polar surface area (TPSA) is 34.9 Å². The molecule has 3 heteroatoms. The van der Waals surface area contributed by atoms with E-state index in [2.05, 4.69) is 4.98 Å². The van der Waals surface area contributed by atoms with Crippen LogP contribution in [0.1, 0.15) is 16.1 Å². The van der Waals surface area contributed by atoms with Gasteiger partial charge in [0.2, 0.25) is 0 Å². The molecule has 0 amide bonds. The van der Waals surface area contributed by atoms with Crippen molar-refractivity contribution >= 4 is 6.29 Å². The number of carbonyl (C=O) groups is 1. The Morgan fingerprint density at radius 3 is 2.93 bits per heavy atom. The average Bonchev–Trinajstić information content (AvgIpc) is 2.67. The second-order valence-electron chi connectivity index (χ2n) is 3.06. The Bertz CT molecular complexity index is 420. The molecule has 70 valence electrons. The van der Waals surface area contributed by atoms with Crippen molar-refractivity contribution in [2.75, 3.05) is 0 Å². The summed E-state index contributed by atoms with van der Waals surface area (Å²) in [4.78, 5) is 14.6. The predicted molar refractivity (Wildman–Crippen MR) is 53.2 cm³/mol. The minimum absolute atomic E-state index is 0.695. The van der Waals surface area contributed by atoms with Gasteiger partial charge in [0.25, 0.3) is 0 Å². The van der Waals surface area contributed by atoms with Gasteiger partial charge < -0.3 is 4.57 Å². The molecule has 0 bridgehead atoms. The molecule has 0 fully saturated rings. The van der Waals surface area contributed by atoms with Crippen molar-refractivity contribution in [3.05, 3.63) is 54.1 Å². The van der Waals surface area contributed by atoms with Crippen LogP contribution in [0.25, 0.3) is 0 Å². The summed E-state index contributed by atoms with van der Waals surface area (Å²) in [7, 11) is 0. The van der Waals surface area contributed by atoms with Gasteiger partial charge in [0.05, 0.1) is 12.2 Å². The standard InChI is InChI=1S/C11H10N2O/c14-9-10-4-6-13(7-10)8-11-3-1-2-5-12-11/h1-7,9H,8H2. The van der Waals surface area contributed by atoms with E-state index in [1.165, 1.54) is 0 Å². The maximum absolute atomic E-state index is 10.4. The Labute approximate surface area is 82.0 Å². The predicted octanol–water partition coefficient (Wildman–Crippen LogP) is 1.74. The molecule has 0 radical (unpaired) electrons. The van der Waals surface area contributed by atoms with Crippen LogP contribution in [0.2, 0.25) is 0 Å². The first-order chi connectivity index (χ1) is 6.88. The van der Waals surface area contributed by atoms with Crippen LogP contribution in [0.3, 0.4) is 0 Å². The largest absolute Gasteiger partial charge is 0.348 e. The molecule has 0 aliphatic carbocycles. The molecule has 0 N–H and O–H groups in total. The number of aromatic nitrogens is 2. The lowest BCUT2D eigenvalue weighted by Gasteiger charge is -2.00. The van der Waals surface area contributed by atoms with E-state index in [1.807, 2.05) is 35.2 Å². The van der Waals surface area contributed by atoms with E-state index in [0.29, 0.717) is 12.1 Å². The monoisotopic (exact) mass is 186 g/mol. The van der Waals surface area contributed by atoms with Gasteiger partial charge in [-0.2, -0.15) is 0 Å². The van der Waals surface area contributed by atoms with Gasteiger partial charge in [0.1, 0.15) is 0 Å². The van der Waals surface area contributed by atoms with Crippen LogP contribution in [-0.4, -0.2) is 15.8 Å². The van der Waals surface area contributed by atoms with Gasteiger partial charge >= 0.3 is 0 Å². The summed E-state index contributed by atoms with van der Waals surface area (Å²) in [5.74, 6) is 0. The SMILES string of the molecule is O=Cc1ccn(Cc2ccccn2)c1. The smallest absolute Gasteiger partial charge is 0.151 e. The number of hydrogen-bond acceptors (Lipinski definition) is 2. The second kappa shape index (κ2) is 3.87. The van der Waals surface area contributed by atoms with Crippen LogP contribution in [-0.2, 0) is 6.54 Å². The van der Waals surface area contributed by atoms with Crippen molar-refractivity contribution < 1.29 is 4.79 Å². The van der Waals surface area contributed by atoms with Crippen molar-refractivity contribution in [3.63, 3.8) is 0 Å². The van der Waals surface area contributed by atoms with Crippen LogP contribution in [0.15, 0.2) is 42.9 Å². The Kier molecular flexibility index (Phi) is 2.40. The van der Waals surface area contributed by atoms with Gasteiger partial charge in [-0.1, -0.05) is 6.07 Å². The zero-order chi connectivity index (χ0) is 9.80. The first kappa shape index (κ1) is 8.69. The zero-order valence-corrected chi connectivity index (χ0v) is 7.63. The van der Waals surface area contributed by atoms with Crippen LogP contribution in [0, 0.1) is 0 Å². The molecule has 2 aromatic rings. The van der Waals surface area contributed by atoms with Gasteiger partial charge in [-0.25, -0.2) is 0 Å². The highest BCUT2D eigenvalue weighted by Gasteiger charge is 1.96. The minimum Gasteiger partial charge on any atom is -0.348 e. The van der Waals surface area contributed by atoms with Crippen LogP contribution in [0.4, 0.5) is 0 Å². The highest BCUT2D eigenvalue weighted by Crippen LogP contribution is 2.02. The lowest BCUT2D eigenvalue weighted by Crippen LogP contribution is -1.98. The summed E-state index contributed by atoms with van der Waals surface area (Å²) in [6, 6.07) is 7.58. The highest BCUT2D eigenvalue weighted by atomic mass is 16.1. The third kappa shape index (κ3) is 1.88. The maximum atomic E-state index is 10.4. The molecule has 2 aromatic heterocycles. The lowest BCUT2D eigenvalue weighted by atomic mass is 10.3. The molecule has 0 atom stereocenters. The lowest BCUT2D eigenvalue weighted by molar-refractivity contribution is 0.112. The fourth-order valence-corrected chi connectivity index (χ4v) is 1.31. The van der Waals surface area contributed by atoms with Crippen molar-refractivity contribution in [1.82, 2.24) is 9.55 Å². The van der Waals surface area contributed by atoms with Crippen LogP contribution < -0.4 is 0 Å². The molecule has 0 aromatic carbocycles. The van der Waals surface area contributed by atoms with Crippen molar-refractivity contribution in [1.29, 1.82) is 0 Å². The summed E-state index contributed by atoms with van der Waals surface area (Å²) in [5.41, 5.74) is 1.68. The summed E-state index contributed by atoms with van der Waals surface area (Å²) >= 11 is 0. The third-order valence-corrected chi connectivity index (χ3v) is 1.98. The van der Waals surface area contributed by atoms with Crippen molar-refractivity contribution in [3.8, 4) is 0 Å². The summed E-state index contributed by atoms with van der Waals surface area (Å²) in [6.45, 7) is 0.703. The quantitative estimate of drug-likeness (QED) is 0.684. The van der Waals surface area contributed by atoms with Crippen LogP contribution >= 0.6 is 0 Å². The average molecular weight is 186 g/mol. The Balaban J connectivity index is 2.15. The van der Waals surface area contributed by atoms with Crippen molar-refractivity contribution in [2.45, 2.75) is 6.54 Å². The van der Waals surface area contributed by atoms with E-state index in [-0.39, 0.29) is 0 Å². The molecule has 2 heterocycles. The van der Waals surface area contributed by atoms with E-state index in [9.17, 15) is 4.79 Å². The van der Waals surface area contributed by atoms with Gasteiger partial charge in [-0.15, -0.1) is 0 Å². The Morgan fingerprint density at radius 1 is 1.36 bits per heavy atom. The van der Waals surface area contributed by atoms with Gasteiger partial charge in [0, 0.05) is 24.2 Å². The fraction of sp³-hybridized carbons (Fsp3) is 0.0909. The zero-order valence-electron chi connectivity index (χ0n) is 7.63. The molecule has 3 nitrogen and oxygen atoms in total. The maximum Gasteiger partial charge on any atom is 0.151 e. The third-order valence-electron chi connectivity index (χ3n) is 1.98. The van der Waals surface area contributed by atoms with Crippen molar-refractivity contribution in [2.24, 2.45) is 0 Å². The number of hydrogen-bond donors (Lipinski definition) is 0. The molecule has 2 rings (SSSR count). The Hall–Kier alpha value is -1.90. The molecule has 14 heavy (non-hydrogen) atoms. The fourth-order valence-electron chi connectivity index (χ4n) is 1.31. The molecule has 0 saturated carbocycles. The number of carbonyl (C=O) groups excluding carboxylic acids is 1. The summed E-state index contributed by atoms with van der Waals surface area (Å²) in [6.07, 6.45) is 6.29. The number of pyridine rings is 1. The number of rotatable bonds is 3. The molecular formula is C11H10N2O. The van der Waals surface area contributed by atoms with E-state index in [0.717, 1.165) is 12.0 Å². The summed E-state index contributed by atoms with van der Waals surface area (Å²) in [5, 5.41) is 0. The van der Waals surface area contributed by atoms with E-state index in [1.54, 1.807) is 12.3 Å². The molecule has 0 unspecified atom stereocenters. The first-order valence-corrected chi connectivity index (χ1v) is 4.39. The summed E-state index contributed by atoms with van der Waals surface area (Å²) < 4.78 is 1.94. The van der Waals surface area contributed by atoms with E-state index >= 15 is 0 Å².